The van der Waals surface area contributed by atoms with Gasteiger partial charge in [-0.05, 0) is 6.07 Å². The van der Waals surface area contributed by atoms with Crippen LogP contribution in [0.5, 0.6) is 0 Å². The number of H-pyrrole nitrogens is 1. The van der Waals surface area contributed by atoms with Crippen molar-refractivity contribution in [2.45, 2.75) is 6.54 Å². The first-order valence-corrected chi connectivity index (χ1v) is 5.27. The number of carbonyl (C=O) groups excluding carboxylic acids is 1. The summed E-state index contributed by atoms with van der Waals surface area (Å²) in [5, 5.41) is 19.3. The molecular formula is C11H9FN4O3. The molecule has 0 radical (unpaired) electrons. The number of hydrogen-bond acceptors (Lipinski definition) is 4. The Morgan fingerprint density at radius 3 is 2.95 bits per heavy atom. The van der Waals surface area contributed by atoms with Crippen molar-refractivity contribution in [1.82, 2.24) is 15.5 Å². The number of nitrogens with zero attached hydrogens (tertiary/aromatic N) is 2. The summed E-state index contributed by atoms with van der Waals surface area (Å²) >= 11 is 0. The van der Waals surface area contributed by atoms with Crippen LogP contribution in [0.1, 0.15) is 15.9 Å². The Hall–Kier alpha value is -2.77. The third-order valence-electron chi connectivity index (χ3n) is 2.41. The standard InChI is InChI=1S/C11H9FN4O3/c12-10-2-1-8(16(18)19)3-9(10)11(17)13-4-7-5-14-15-6-7/h1-3,5-6H,4H2,(H,13,17)(H,14,15). The van der Waals surface area contributed by atoms with Gasteiger partial charge >= 0.3 is 0 Å². The molecule has 0 bridgehead atoms. The Balaban J connectivity index is 2.14. The molecule has 1 amide bonds. The number of rotatable bonds is 4. The van der Waals surface area contributed by atoms with Crippen LogP contribution >= 0.6 is 0 Å². The van der Waals surface area contributed by atoms with Crippen LogP contribution in [0.4, 0.5) is 10.1 Å². The molecule has 1 aromatic carbocycles. The Morgan fingerprint density at radius 2 is 2.32 bits per heavy atom. The predicted molar refractivity (Wildman–Crippen MR) is 62.8 cm³/mol. The SMILES string of the molecule is O=C(NCc1cn[nH]c1)c1cc([N+](=O)[O-])ccc1F. The number of hydrogen-bond donors (Lipinski definition) is 2. The highest BCUT2D eigenvalue weighted by Gasteiger charge is 2.16. The van der Waals surface area contributed by atoms with Gasteiger partial charge in [0, 0.05) is 30.4 Å². The molecule has 0 aliphatic carbocycles. The van der Waals surface area contributed by atoms with E-state index in [1.807, 2.05) is 0 Å². The first-order chi connectivity index (χ1) is 9.08. The van der Waals surface area contributed by atoms with Crippen LogP contribution in [0.3, 0.4) is 0 Å². The van der Waals surface area contributed by atoms with Crippen molar-refractivity contribution in [3.8, 4) is 0 Å². The Morgan fingerprint density at radius 1 is 1.53 bits per heavy atom. The lowest BCUT2D eigenvalue weighted by atomic mass is 10.1. The summed E-state index contributed by atoms with van der Waals surface area (Å²) in [7, 11) is 0. The van der Waals surface area contributed by atoms with Gasteiger partial charge in [0.1, 0.15) is 5.82 Å². The highest BCUT2D eigenvalue weighted by Crippen LogP contribution is 2.16. The number of halogens is 1. The van der Waals surface area contributed by atoms with Crippen LogP contribution < -0.4 is 5.32 Å². The van der Waals surface area contributed by atoms with Crippen LogP contribution in [0.25, 0.3) is 0 Å². The van der Waals surface area contributed by atoms with Gasteiger partial charge < -0.3 is 5.32 Å². The fourth-order valence-electron chi connectivity index (χ4n) is 1.45. The van der Waals surface area contributed by atoms with Crippen molar-refractivity contribution in [3.63, 3.8) is 0 Å². The fraction of sp³-hybridized carbons (Fsp3) is 0.0909. The maximum Gasteiger partial charge on any atom is 0.270 e. The molecule has 2 N–H and O–H groups in total. The van der Waals surface area contributed by atoms with E-state index in [-0.39, 0.29) is 17.8 Å². The largest absolute Gasteiger partial charge is 0.348 e. The van der Waals surface area contributed by atoms with E-state index in [4.69, 9.17) is 0 Å². The molecule has 0 saturated heterocycles. The summed E-state index contributed by atoms with van der Waals surface area (Å²) in [5.74, 6) is -1.53. The van der Waals surface area contributed by atoms with Gasteiger partial charge in [-0.25, -0.2) is 4.39 Å². The molecule has 0 saturated carbocycles. The van der Waals surface area contributed by atoms with E-state index in [1.165, 1.54) is 6.20 Å². The van der Waals surface area contributed by atoms with Crippen LogP contribution in [-0.4, -0.2) is 21.0 Å². The molecule has 0 atom stereocenters. The van der Waals surface area contributed by atoms with E-state index >= 15 is 0 Å². The molecule has 98 valence electrons. The van der Waals surface area contributed by atoms with Gasteiger partial charge in [-0.1, -0.05) is 0 Å². The van der Waals surface area contributed by atoms with Gasteiger partial charge in [0.05, 0.1) is 16.7 Å². The lowest BCUT2D eigenvalue weighted by Crippen LogP contribution is -2.23. The molecule has 1 aromatic heterocycles. The molecule has 1 heterocycles. The van der Waals surface area contributed by atoms with Gasteiger partial charge in [-0.15, -0.1) is 0 Å². The normalized spacial score (nSPS) is 10.2. The predicted octanol–water partition coefficient (Wildman–Crippen LogP) is 1.39. The quantitative estimate of drug-likeness (QED) is 0.643. The van der Waals surface area contributed by atoms with Crippen molar-refractivity contribution in [2.75, 3.05) is 0 Å². The molecule has 19 heavy (non-hydrogen) atoms. The number of non-ortho nitro benzene ring substituents is 1. The van der Waals surface area contributed by atoms with Crippen molar-refractivity contribution >= 4 is 11.6 Å². The molecule has 2 rings (SSSR count). The highest BCUT2D eigenvalue weighted by molar-refractivity contribution is 5.95. The maximum atomic E-state index is 13.4. The second-order valence-corrected chi connectivity index (χ2v) is 3.71. The van der Waals surface area contributed by atoms with Crippen LogP contribution in [0.15, 0.2) is 30.6 Å². The molecule has 0 spiro atoms. The molecular weight excluding hydrogens is 255 g/mol. The number of aromatic nitrogens is 2. The lowest BCUT2D eigenvalue weighted by molar-refractivity contribution is -0.384. The zero-order valence-corrected chi connectivity index (χ0v) is 9.59. The summed E-state index contributed by atoms with van der Waals surface area (Å²) < 4.78 is 13.4. The first kappa shape index (κ1) is 12.7. The van der Waals surface area contributed by atoms with Gasteiger partial charge in [0.15, 0.2) is 0 Å². The second-order valence-electron chi connectivity index (χ2n) is 3.71. The molecule has 7 nitrogen and oxygen atoms in total. The summed E-state index contributed by atoms with van der Waals surface area (Å²) in [5.41, 5.74) is 0.00625. The number of nitro benzene ring substituents is 1. The Kier molecular flexibility index (Phi) is 3.51. The molecule has 0 aliphatic rings. The summed E-state index contributed by atoms with van der Waals surface area (Å²) in [6, 6.07) is 2.80. The number of carbonyl (C=O) groups is 1. The smallest absolute Gasteiger partial charge is 0.270 e. The van der Waals surface area contributed by atoms with Gasteiger partial charge in [0.25, 0.3) is 11.6 Å². The van der Waals surface area contributed by atoms with E-state index in [2.05, 4.69) is 15.5 Å². The molecule has 2 aromatic rings. The van der Waals surface area contributed by atoms with E-state index < -0.39 is 16.6 Å². The van der Waals surface area contributed by atoms with Crippen molar-refractivity contribution < 1.29 is 14.1 Å². The van der Waals surface area contributed by atoms with Crippen molar-refractivity contribution in [3.05, 3.63) is 57.7 Å². The van der Waals surface area contributed by atoms with Crippen molar-refractivity contribution in [2.24, 2.45) is 0 Å². The second kappa shape index (κ2) is 5.25. The fourth-order valence-corrected chi connectivity index (χ4v) is 1.45. The first-order valence-electron chi connectivity index (χ1n) is 5.27. The lowest BCUT2D eigenvalue weighted by Gasteiger charge is -2.04. The molecule has 0 unspecified atom stereocenters. The molecule has 0 aliphatic heterocycles. The summed E-state index contributed by atoms with van der Waals surface area (Å²) in [6.45, 7) is 0.150. The van der Waals surface area contributed by atoms with Crippen molar-refractivity contribution in [1.29, 1.82) is 0 Å². The molecule has 8 heteroatoms. The van der Waals surface area contributed by atoms with E-state index in [9.17, 15) is 19.3 Å². The highest BCUT2D eigenvalue weighted by atomic mass is 19.1. The van der Waals surface area contributed by atoms with Crippen LogP contribution in [0.2, 0.25) is 0 Å². The number of benzene rings is 1. The average molecular weight is 264 g/mol. The number of aromatic amines is 1. The van der Waals surface area contributed by atoms with E-state index in [0.29, 0.717) is 5.56 Å². The Bertz CT molecular complexity index is 612. The maximum absolute atomic E-state index is 13.4. The number of amides is 1. The molecule has 0 fully saturated rings. The third kappa shape index (κ3) is 2.92. The minimum absolute atomic E-state index is 0.150. The zero-order valence-electron chi connectivity index (χ0n) is 9.59. The average Bonchev–Trinajstić information content (AvgIpc) is 2.89. The van der Waals surface area contributed by atoms with Gasteiger partial charge in [-0.3, -0.25) is 20.0 Å². The summed E-state index contributed by atoms with van der Waals surface area (Å²) in [4.78, 5) is 21.6. The minimum Gasteiger partial charge on any atom is -0.348 e. The van der Waals surface area contributed by atoms with E-state index in [1.54, 1.807) is 6.20 Å². The Labute approximate surface area is 106 Å². The zero-order chi connectivity index (χ0) is 13.8. The minimum atomic E-state index is -0.810. The van der Waals surface area contributed by atoms with Crippen LogP contribution in [0, 0.1) is 15.9 Å². The monoisotopic (exact) mass is 264 g/mol. The van der Waals surface area contributed by atoms with E-state index in [0.717, 1.165) is 18.2 Å². The number of nitrogens with one attached hydrogen (secondary N) is 2. The van der Waals surface area contributed by atoms with Crippen LogP contribution in [-0.2, 0) is 6.54 Å². The number of nitro groups is 1. The third-order valence-corrected chi connectivity index (χ3v) is 2.41. The van der Waals surface area contributed by atoms with Gasteiger partial charge in [-0.2, -0.15) is 5.10 Å². The summed E-state index contributed by atoms with van der Waals surface area (Å²) in [6.07, 6.45) is 3.08. The topological polar surface area (TPSA) is 101 Å². The van der Waals surface area contributed by atoms with Gasteiger partial charge in [0.2, 0.25) is 0 Å².